The molecule has 1 aromatic carbocycles. The van der Waals surface area contributed by atoms with Gasteiger partial charge in [0.25, 0.3) is 0 Å². The van der Waals surface area contributed by atoms with Gasteiger partial charge in [0.1, 0.15) is 0 Å². The minimum absolute atomic E-state index is 0.233. The van der Waals surface area contributed by atoms with Gasteiger partial charge in [0.05, 0.1) is 6.67 Å². The fourth-order valence-electron chi connectivity index (χ4n) is 2.63. The third-order valence-electron chi connectivity index (χ3n) is 3.89. The van der Waals surface area contributed by atoms with Gasteiger partial charge in [-0.25, -0.2) is 0 Å². The van der Waals surface area contributed by atoms with Crippen LogP contribution in [-0.2, 0) is 0 Å². The van der Waals surface area contributed by atoms with Crippen LogP contribution in [0.15, 0.2) is 18.2 Å². The first kappa shape index (κ1) is 13.5. The Morgan fingerprint density at radius 2 is 1.94 bits per heavy atom. The lowest BCUT2D eigenvalue weighted by molar-refractivity contribution is 0.157. The van der Waals surface area contributed by atoms with Crippen LogP contribution in [0.1, 0.15) is 29.2 Å². The molecule has 1 fully saturated rings. The van der Waals surface area contributed by atoms with Crippen molar-refractivity contribution >= 4 is 0 Å². The molecule has 1 aromatic rings. The fourth-order valence-corrected chi connectivity index (χ4v) is 2.63. The number of piperazine rings is 1. The Kier molecular flexibility index (Phi) is 4.72. The van der Waals surface area contributed by atoms with Crippen molar-refractivity contribution in [1.82, 2.24) is 10.2 Å². The molecular formula is C15H23FN2. The normalized spacial score (nSPS) is 18.8. The zero-order chi connectivity index (χ0) is 13.0. The first-order valence-electron chi connectivity index (χ1n) is 6.80. The SMILES string of the molecule is Cc1ccc([C@@H](CCF)N2CCNCC2)cc1C. The third kappa shape index (κ3) is 3.09. The van der Waals surface area contributed by atoms with Crippen LogP contribution in [0.3, 0.4) is 0 Å². The molecule has 0 spiro atoms. The van der Waals surface area contributed by atoms with Crippen LogP contribution < -0.4 is 5.32 Å². The summed E-state index contributed by atoms with van der Waals surface area (Å²) < 4.78 is 12.8. The minimum atomic E-state index is -0.248. The van der Waals surface area contributed by atoms with Crippen molar-refractivity contribution in [2.24, 2.45) is 0 Å². The highest BCUT2D eigenvalue weighted by molar-refractivity contribution is 5.31. The quantitative estimate of drug-likeness (QED) is 0.883. The van der Waals surface area contributed by atoms with Crippen LogP contribution in [0.4, 0.5) is 4.39 Å². The standard InChI is InChI=1S/C15H23FN2/c1-12-3-4-14(11-13(12)2)15(5-6-16)18-9-7-17-8-10-18/h3-4,11,15,17H,5-10H2,1-2H3/t15-/m1/s1. The van der Waals surface area contributed by atoms with Gasteiger partial charge in [-0.3, -0.25) is 9.29 Å². The molecule has 100 valence electrons. The summed E-state index contributed by atoms with van der Waals surface area (Å²) in [7, 11) is 0. The van der Waals surface area contributed by atoms with Crippen molar-refractivity contribution in [2.45, 2.75) is 26.3 Å². The number of benzene rings is 1. The average molecular weight is 250 g/mol. The molecule has 1 aliphatic rings. The molecular weight excluding hydrogens is 227 g/mol. The van der Waals surface area contributed by atoms with Crippen molar-refractivity contribution < 1.29 is 4.39 Å². The molecule has 2 nitrogen and oxygen atoms in total. The lowest BCUT2D eigenvalue weighted by Gasteiger charge is -2.35. The van der Waals surface area contributed by atoms with Gasteiger partial charge in [0.2, 0.25) is 0 Å². The van der Waals surface area contributed by atoms with Crippen molar-refractivity contribution in [3.05, 3.63) is 34.9 Å². The van der Waals surface area contributed by atoms with E-state index in [4.69, 9.17) is 0 Å². The Morgan fingerprint density at radius 1 is 1.22 bits per heavy atom. The van der Waals surface area contributed by atoms with E-state index in [1.165, 1.54) is 16.7 Å². The monoisotopic (exact) mass is 250 g/mol. The number of nitrogens with one attached hydrogen (secondary N) is 1. The van der Waals surface area contributed by atoms with Crippen molar-refractivity contribution in [3.63, 3.8) is 0 Å². The molecule has 0 amide bonds. The second-order valence-electron chi connectivity index (χ2n) is 5.12. The highest BCUT2D eigenvalue weighted by atomic mass is 19.1. The van der Waals surface area contributed by atoms with Crippen LogP contribution in [0.2, 0.25) is 0 Å². The Bertz CT molecular complexity index is 386. The second kappa shape index (κ2) is 6.30. The molecule has 18 heavy (non-hydrogen) atoms. The summed E-state index contributed by atoms with van der Waals surface area (Å²) >= 11 is 0. The molecule has 0 bridgehead atoms. The summed E-state index contributed by atoms with van der Waals surface area (Å²) in [6.07, 6.45) is 0.600. The van der Waals surface area contributed by atoms with Gasteiger partial charge in [-0.15, -0.1) is 0 Å². The van der Waals surface area contributed by atoms with E-state index in [-0.39, 0.29) is 12.7 Å². The highest BCUT2D eigenvalue weighted by Crippen LogP contribution is 2.26. The van der Waals surface area contributed by atoms with Gasteiger partial charge in [-0.05, 0) is 37.0 Å². The molecule has 0 aliphatic carbocycles. The van der Waals surface area contributed by atoms with Crippen molar-refractivity contribution in [1.29, 1.82) is 0 Å². The average Bonchev–Trinajstić information content (AvgIpc) is 2.40. The maximum atomic E-state index is 12.8. The third-order valence-corrected chi connectivity index (χ3v) is 3.89. The number of hydrogen-bond acceptors (Lipinski definition) is 2. The van der Waals surface area contributed by atoms with E-state index in [1.807, 2.05) is 0 Å². The summed E-state index contributed by atoms with van der Waals surface area (Å²) in [6, 6.07) is 6.76. The maximum Gasteiger partial charge on any atom is 0.0912 e. The first-order valence-corrected chi connectivity index (χ1v) is 6.80. The van der Waals surface area contributed by atoms with E-state index in [0.29, 0.717) is 6.42 Å². The minimum Gasteiger partial charge on any atom is -0.314 e. The van der Waals surface area contributed by atoms with Crippen LogP contribution >= 0.6 is 0 Å². The largest absolute Gasteiger partial charge is 0.314 e. The molecule has 0 aromatic heterocycles. The van der Waals surface area contributed by atoms with Gasteiger partial charge < -0.3 is 5.32 Å². The van der Waals surface area contributed by atoms with Gasteiger partial charge in [-0.2, -0.15) is 0 Å². The van der Waals surface area contributed by atoms with Crippen LogP contribution in [0.25, 0.3) is 0 Å². The predicted molar refractivity (Wildman–Crippen MR) is 73.7 cm³/mol. The van der Waals surface area contributed by atoms with E-state index in [1.54, 1.807) is 0 Å². The smallest absolute Gasteiger partial charge is 0.0912 e. The maximum absolute atomic E-state index is 12.8. The van der Waals surface area contributed by atoms with E-state index >= 15 is 0 Å². The summed E-state index contributed by atoms with van der Waals surface area (Å²) in [4.78, 5) is 2.40. The summed E-state index contributed by atoms with van der Waals surface area (Å²) in [5, 5.41) is 3.35. The van der Waals surface area contributed by atoms with Gasteiger partial charge in [0.15, 0.2) is 0 Å². The molecule has 1 saturated heterocycles. The van der Waals surface area contributed by atoms with Crippen molar-refractivity contribution in [2.75, 3.05) is 32.9 Å². The summed E-state index contributed by atoms with van der Waals surface area (Å²) in [5.74, 6) is 0. The Morgan fingerprint density at radius 3 is 2.56 bits per heavy atom. The Hall–Kier alpha value is -0.930. The Balaban J connectivity index is 2.19. The topological polar surface area (TPSA) is 15.3 Å². The molecule has 1 N–H and O–H groups in total. The van der Waals surface area contributed by atoms with E-state index in [2.05, 4.69) is 42.3 Å². The highest BCUT2D eigenvalue weighted by Gasteiger charge is 2.22. The number of rotatable bonds is 4. The first-order chi connectivity index (χ1) is 8.72. The fraction of sp³-hybridized carbons (Fsp3) is 0.600. The van der Waals surface area contributed by atoms with Crippen LogP contribution in [0.5, 0.6) is 0 Å². The molecule has 2 rings (SSSR count). The number of halogens is 1. The molecule has 3 heteroatoms. The summed E-state index contributed by atoms with van der Waals surface area (Å²) in [6.45, 7) is 8.04. The van der Waals surface area contributed by atoms with Crippen LogP contribution in [0, 0.1) is 13.8 Å². The number of nitrogens with zero attached hydrogens (tertiary/aromatic N) is 1. The lowest BCUT2D eigenvalue weighted by Crippen LogP contribution is -2.45. The lowest BCUT2D eigenvalue weighted by atomic mass is 9.97. The Labute approximate surface area is 109 Å². The number of hydrogen-bond donors (Lipinski definition) is 1. The molecule has 0 radical (unpaired) electrons. The van der Waals surface area contributed by atoms with E-state index < -0.39 is 0 Å². The molecule has 1 heterocycles. The molecule has 0 unspecified atom stereocenters. The van der Waals surface area contributed by atoms with Crippen LogP contribution in [-0.4, -0.2) is 37.8 Å². The van der Waals surface area contributed by atoms with E-state index in [0.717, 1.165) is 26.2 Å². The van der Waals surface area contributed by atoms with Gasteiger partial charge >= 0.3 is 0 Å². The molecule has 1 atom stereocenters. The zero-order valence-corrected chi connectivity index (χ0v) is 11.4. The summed E-state index contributed by atoms with van der Waals surface area (Å²) in [5.41, 5.74) is 3.86. The molecule has 0 saturated carbocycles. The van der Waals surface area contributed by atoms with Gasteiger partial charge in [0, 0.05) is 32.2 Å². The number of alkyl halides is 1. The van der Waals surface area contributed by atoms with E-state index in [9.17, 15) is 4.39 Å². The zero-order valence-electron chi connectivity index (χ0n) is 11.4. The predicted octanol–water partition coefficient (Wildman–Crippen LogP) is 2.61. The van der Waals surface area contributed by atoms with Crippen molar-refractivity contribution in [3.8, 4) is 0 Å². The number of aryl methyl sites for hydroxylation is 2. The molecule has 1 aliphatic heterocycles. The van der Waals surface area contributed by atoms with Gasteiger partial charge in [-0.1, -0.05) is 18.2 Å². The second-order valence-corrected chi connectivity index (χ2v) is 5.12.